The molecule has 2 rings (SSSR count). The standard InChI is InChI=1S/C10H11N5O3S/c1-6-8(15(16)17)9(13-10(12-6)14-11)18-5-7-3-2-4-19-7/h2-4H,5,11H2,1H3,(H,12,13,14). The van der Waals surface area contributed by atoms with Gasteiger partial charge in [-0.15, -0.1) is 11.3 Å². The van der Waals surface area contributed by atoms with Crippen LogP contribution >= 0.6 is 11.3 Å². The smallest absolute Gasteiger partial charge is 0.352 e. The fourth-order valence-electron chi connectivity index (χ4n) is 1.45. The first-order valence-electron chi connectivity index (χ1n) is 5.26. The van der Waals surface area contributed by atoms with Crippen LogP contribution in [0.25, 0.3) is 0 Å². The first-order valence-corrected chi connectivity index (χ1v) is 6.14. The number of nitro groups is 1. The molecule has 8 nitrogen and oxygen atoms in total. The van der Waals surface area contributed by atoms with Crippen molar-refractivity contribution >= 4 is 23.0 Å². The van der Waals surface area contributed by atoms with Gasteiger partial charge in [0.25, 0.3) is 5.88 Å². The molecule has 2 aromatic rings. The van der Waals surface area contributed by atoms with E-state index in [0.29, 0.717) is 0 Å². The number of aryl methyl sites for hydroxylation is 1. The van der Waals surface area contributed by atoms with Crippen LogP contribution in [0.3, 0.4) is 0 Å². The molecule has 9 heteroatoms. The van der Waals surface area contributed by atoms with Crippen LogP contribution in [0.4, 0.5) is 11.6 Å². The van der Waals surface area contributed by atoms with Crippen molar-refractivity contribution in [3.8, 4) is 5.88 Å². The van der Waals surface area contributed by atoms with Crippen LogP contribution in [0.1, 0.15) is 10.6 Å². The molecule has 0 atom stereocenters. The highest BCUT2D eigenvalue weighted by atomic mass is 32.1. The average Bonchev–Trinajstić information content (AvgIpc) is 2.88. The number of rotatable bonds is 5. The maximum Gasteiger partial charge on any atom is 0.352 e. The van der Waals surface area contributed by atoms with Crippen LogP contribution in [-0.4, -0.2) is 14.9 Å². The van der Waals surface area contributed by atoms with E-state index in [1.807, 2.05) is 17.5 Å². The molecule has 2 aromatic heterocycles. The second-order valence-electron chi connectivity index (χ2n) is 3.56. The molecule has 0 unspecified atom stereocenters. The molecule has 3 N–H and O–H groups in total. The van der Waals surface area contributed by atoms with Gasteiger partial charge in [-0.2, -0.15) is 4.98 Å². The molecule has 0 fully saturated rings. The van der Waals surface area contributed by atoms with Crippen LogP contribution in [-0.2, 0) is 6.61 Å². The Morgan fingerprint density at radius 3 is 2.95 bits per heavy atom. The summed E-state index contributed by atoms with van der Waals surface area (Å²) in [5, 5.41) is 12.9. The molecule has 2 heterocycles. The highest BCUT2D eigenvalue weighted by molar-refractivity contribution is 7.09. The lowest BCUT2D eigenvalue weighted by atomic mass is 10.3. The summed E-state index contributed by atoms with van der Waals surface area (Å²) >= 11 is 1.49. The van der Waals surface area contributed by atoms with Gasteiger partial charge >= 0.3 is 5.69 Å². The number of nitrogen functional groups attached to an aromatic ring is 1. The minimum atomic E-state index is -0.570. The third kappa shape index (κ3) is 2.95. The van der Waals surface area contributed by atoms with Crippen molar-refractivity contribution in [1.29, 1.82) is 0 Å². The first-order chi connectivity index (χ1) is 9.11. The Morgan fingerprint density at radius 1 is 1.58 bits per heavy atom. The Labute approximate surface area is 112 Å². The molecular weight excluding hydrogens is 270 g/mol. The van der Waals surface area contributed by atoms with Gasteiger partial charge in [-0.05, 0) is 18.4 Å². The molecule has 0 aliphatic heterocycles. The predicted octanol–water partition coefficient (Wildman–Crippen LogP) is 1.62. The van der Waals surface area contributed by atoms with E-state index in [1.54, 1.807) is 0 Å². The lowest BCUT2D eigenvalue weighted by molar-refractivity contribution is -0.387. The van der Waals surface area contributed by atoms with E-state index in [9.17, 15) is 10.1 Å². The molecule has 0 aromatic carbocycles. The summed E-state index contributed by atoms with van der Waals surface area (Å²) in [6.45, 7) is 1.71. The summed E-state index contributed by atoms with van der Waals surface area (Å²) in [4.78, 5) is 19.1. The molecule has 0 radical (unpaired) electrons. The van der Waals surface area contributed by atoms with Crippen molar-refractivity contribution in [2.45, 2.75) is 13.5 Å². The molecule has 0 aliphatic rings. The van der Waals surface area contributed by atoms with Crippen molar-refractivity contribution in [3.05, 3.63) is 38.2 Å². The second kappa shape index (κ2) is 5.59. The van der Waals surface area contributed by atoms with Gasteiger partial charge in [0.1, 0.15) is 12.3 Å². The topological polar surface area (TPSA) is 116 Å². The van der Waals surface area contributed by atoms with Crippen LogP contribution in [0.5, 0.6) is 5.88 Å². The van der Waals surface area contributed by atoms with Crippen LogP contribution in [0, 0.1) is 17.0 Å². The Morgan fingerprint density at radius 2 is 2.37 bits per heavy atom. The maximum absolute atomic E-state index is 11.0. The lowest BCUT2D eigenvalue weighted by Gasteiger charge is -2.07. The summed E-state index contributed by atoms with van der Waals surface area (Å²) in [6, 6.07) is 3.74. The third-order valence-electron chi connectivity index (χ3n) is 2.27. The fourth-order valence-corrected chi connectivity index (χ4v) is 2.07. The SMILES string of the molecule is Cc1nc(NN)nc(OCc2cccs2)c1[N+](=O)[O-]. The van der Waals surface area contributed by atoms with Gasteiger partial charge in [-0.1, -0.05) is 6.07 Å². The predicted molar refractivity (Wildman–Crippen MR) is 69.9 cm³/mol. The molecule has 0 aliphatic carbocycles. The number of ether oxygens (including phenoxy) is 1. The largest absolute Gasteiger partial charge is 0.467 e. The van der Waals surface area contributed by atoms with Gasteiger partial charge in [0.05, 0.1) is 4.92 Å². The zero-order valence-corrected chi connectivity index (χ0v) is 10.8. The number of hydrogen-bond acceptors (Lipinski definition) is 8. The van der Waals surface area contributed by atoms with Gasteiger partial charge in [0, 0.05) is 4.88 Å². The number of anilines is 1. The molecule has 0 spiro atoms. The highest BCUT2D eigenvalue weighted by Crippen LogP contribution is 2.29. The van der Waals surface area contributed by atoms with Crippen LogP contribution < -0.4 is 16.0 Å². The normalized spacial score (nSPS) is 10.2. The van der Waals surface area contributed by atoms with Crippen molar-refractivity contribution < 1.29 is 9.66 Å². The van der Waals surface area contributed by atoms with Gasteiger partial charge in [-0.3, -0.25) is 15.5 Å². The van der Waals surface area contributed by atoms with Gasteiger partial charge in [0.15, 0.2) is 0 Å². The van der Waals surface area contributed by atoms with Crippen molar-refractivity contribution in [1.82, 2.24) is 9.97 Å². The monoisotopic (exact) mass is 281 g/mol. The van der Waals surface area contributed by atoms with E-state index in [4.69, 9.17) is 10.6 Å². The van der Waals surface area contributed by atoms with Crippen molar-refractivity contribution in [3.63, 3.8) is 0 Å². The number of hydrazine groups is 1. The number of nitrogens with zero attached hydrogens (tertiary/aromatic N) is 3. The number of thiophene rings is 1. The number of aromatic nitrogens is 2. The van der Waals surface area contributed by atoms with E-state index in [1.165, 1.54) is 18.3 Å². The molecular formula is C10H11N5O3S. The summed E-state index contributed by atoms with van der Waals surface area (Å²) in [5.74, 6) is 5.18. The number of hydrogen-bond donors (Lipinski definition) is 2. The Bertz CT molecular complexity index is 587. The average molecular weight is 281 g/mol. The van der Waals surface area contributed by atoms with E-state index in [0.717, 1.165) is 4.88 Å². The van der Waals surface area contributed by atoms with Gasteiger partial charge in [-0.25, -0.2) is 10.8 Å². The summed E-state index contributed by atoms with van der Waals surface area (Å²) in [7, 11) is 0. The summed E-state index contributed by atoms with van der Waals surface area (Å²) in [6.07, 6.45) is 0. The summed E-state index contributed by atoms with van der Waals surface area (Å²) in [5.41, 5.74) is 2.18. The number of nitrogens with two attached hydrogens (primary N) is 1. The molecule has 0 amide bonds. The molecule has 100 valence electrons. The van der Waals surface area contributed by atoms with Crippen LogP contribution in [0.2, 0.25) is 0 Å². The maximum atomic E-state index is 11.0. The number of nitrogens with one attached hydrogen (secondary N) is 1. The van der Waals surface area contributed by atoms with E-state index >= 15 is 0 Å². The molecule has 0 saturated heterocycles. The Balaban J connectivity index is 2.30. The lowest BCUT2D eigenvalue weighted by Crippen LogP contribution is -2.13. The van der Waals surface area contributed by atoms with Crippen molar-refractivity contribution in [2.24, 2.45) is 5.84 Å². The van der Waals surface area contributed by atoms with Crippen LogP contribution in [0.15, 0.2) is 17.5 Å². The molecule has 0 saturated carbocycles. The minimum Gasteiger partial charge on any atom is -0.467 e. The van der Waals surface area contributed by atoms with E-state index in [-0.39, 0.29) is 29.8 Å². The quantitative estimate of drug-likeness (QED) is 0.486. The third-order valence-corrected chi connectivity index (χ3v) is 3.12. The highest BCUT2D eigenvalue weighted by Gasteiger charge is 2.23. The van der Waals surface area contributed by atoms with E-state index < -0.39 is 4.92 Å². The molecule has 19 heavy (non-hydrogen) atoms. The first kappa shape index (κ1) is 13.2. The molecule has 0 bridgehead atoms. The minimum absolute atomic E-state index is 0.0734. The van der Waals surface area contributed by atoms with Gasteiger partial charge in [0.2, 0.25) is 5.95 Å². The second-order valence-corrected chi connectivity index (χ2v) is 4.59. The Kier molecular flexibility index (Phi) is 3.88. The summed E-state index contributed by atoms with van der Waals surface area (Å²) < 4.78 is 5.39. The Hall–Kier alpha value is -2.26. The fraction of sp³-hybridized carbons (Fsp3) is 0.200. The zero-order valence-electron chi connectivity index (χ0n) is 9.99. The van der Waals surface area contributed by atoms with Crippen molar-refractivity contribution in [2.75, 3.05) is 5.43 Å². The van der Waals surface area contributed by atoms with Gasteiger partial charge < -0.3 is 4.74 Å². The zero-order chi connectivity index (χ0) is 13.8. The van der Waals surface area contributed by atoms with E-state index in [2.05, 4.69) is 15.4 Å².